The second-order valence-corrected chi connectivity index (χ2v) is 8.06. The second kappa shape index (κ2) is 10.2. The van der Waals surface area contributed by atoms with Crippen LogP contribution < -0.4 is 5.32 Å². The fraction of sp³-hybridized carbons (Fsp3) is 0.259. The number of para-hydroxylation sites is 1. The van der Waals surface area contributed by atoms with Crippen molar-refractivity contribution in [3.8, 4) is 0 Å². The Morgan fingerprint density at radius 1 is 0.906 bits per heavy atom. The van der Waals surface area contributed by atoms with Gasteiger partial charge in [0.05, 0.1) is 6.54 Å². The molecular weight excluding hydrogens is 398 g/mol. The largest absolute Gasteiger partial charge is 0.337 e. The minimum absolute atomic E-state index is 0.0125. The zero-order chi connectivity index (χ0) is 22.3. The number of hydrogen-bond donors (Lipinski definition) is 1. The number of benzene rings is 3. The van der Waals surface area contributed by atoms with E-state index in [1.54, 1.807) is 6.08 Å². The molecule has 5 nitrogen and oxygen atoms in total. The van der Waals surface area contributed by atoms with Gasteiger partial charge in [-0.05, 0) is 40.5 Å². The predicted octanol–water partition coefficient (Wildman–Crippen LogP) is 4.20. The van der Waals surface area contributed by atoms with Crippen LogP contribution in [-0.4, -0.2) is 54.3 Å². The van der Waals surface area contributed by atoms with Crippen molar-refractivity contribution in [3.05, 3.63) is 83.9 Å². The summed E-state index contributed by atoms with van der Waals surface area (Å²) in [6.07, 6.45) is 4.44. The first-order chi connectivity index (χ1) is 15.6. The van der Waals surface area contributed by atoms with Crippen molar-refractivity contribution < 1.29 is 9.59 Å². The van der Waals surface area contributed by atoms with Crippen molar-refractivity contribution in [1.29, 1.82) is 0 Å². The lowest BCUT2D eigenvalue weighted by Crippen LogP contribution is -2.50. The molecule has 0 aromatic heterocycles. The highest BCUT2D eigenvalue weighted by molar-refractivity contribution is 5.97. The van der Waals surface area contributed by atoms with E-state index in [-0.39, 0.29) is 11.8 Å². The highest BCUT2D eigenvalue weighted by atomic mass is 16.2. The lowest BCUT2D eigenvalue weighted by molar-refractivity contribution is -0.127. The van der Waals surface area contributed by atoms with Crippen LogP contribution in [0.1, 0.15) is 18.1 Å². The van der Waals surface area contributed by atoms with Gasteiger partial charge in [-0.2, -0.15) is 0 Å². The van der Waals surface area contributed by atoms with Crippen LogP contribution in [0.3, 0.4) is 0 Å². The smallest absolute Gasteiger partial charge is 0.246 e. The molecule has 0 atom stereocenters. The number of hydrogen-bond acceptors (Lipinski definition) is 3. The van der Waals surface area contributed by atoms with Gasteiger partial charge in [0.25, 0.3) is 0 Å². The molecule has 3 aromatic rings. The minimum atomic E-state index is -0.0125. The van der Waals surface area contributed by atoms with Gasteiger partial charge in [0.2, 0.25) is 11.8 Å². The van der Waals surface area contributed by atoms with Crippen LogP contribution in [0.2, 0.25) is 0 Å². The van der Waals surface area contributed by atoms with Crippen LogP contribution in [0.25, 0.3) is 16.8 Å². The van der Waals surface area contributed by atoms with Crippen LogP contribution in [0, 0.1) is 0 Å². The van der Waals surface area contributed by atoms with Gasteiger partial charge in [-0.1, -0.05) is 67.6 Å². The fourth-order valence-electron chi connectivity index (χ4n) is 4.13. The molecule has 1 aliphatic rings. The van der Waals surface area contributed by atoms with Gasteiger partial charge in [-0.3, -0.25) is 14.5 Å². The van der Waals surface area contributed by atoms with E-state index in [2.05, 4.69) is 35.3 Å². The molecule has 5 heteroatoms. The Labute approximate surface area is 189 Å². The Morgan fingerprint density at radius 3 is 2.44 bits per heavy atom. The summed E-state index contributed by atoms with van der Waals surface area (Å²) >= 11 is 0. The van der Waals surface area contributed by atoms with E-state index >= 15 is 0 Å². The molecule has 3 aromatic carbocycles. The first-order valence-corrected chi connectivity index (χ1v) is 11.2. The highest BCUT2D eigenvalue weighted by Gasteiger charge is 2.21. The summed E-state index contributed by atoms with van der Waals surface area (Å²) < 4.78 is 0. The van der Waals surface area contributed by atoms with E-state index in [0.29, 0.717) is 32.7 Å². The number of rotatable bonds is 6. The number of piperazine rings is 1. The average molecular weight is 428 g/mol. The molecule has 164 valence electrons. The molecule has 32 heavy (non-hydrogen) atoms. The molecular formula is C27H29N3O2. The summed E-state index contributed by atoms with van der Waals surface area (Å²) in [6.45, 7) is 5.05. The molecule has 1 saturated heterocycles. The lowest BCUT2D eigenvalue weighted by atomic mass is 10.0. The molecule has 0 saturated carbocycles. The SMILES string of the molecule is CCc1ccccc1NC(=O)CN1CCN(C(=O)/C=C/c2cccc3ccccc23)CC1. The monoisotopic (exact) mass is 427 g/mol. The molecule has 1 N–H and O–H groups in total. The van der Waals surface area contributed by atoms with E-state index in [1.807, 2.05) is 59.5 Å². The Hall–Kier alpha value is -3.44. The van der Waals surface area contributed by atoms with E-state index in [4.69, 9.17) is 0 Å². The van der Waals surface area contributed by atoms with Crippen LogP contribution in [-0.2, 0) is 16.0 Å². The van der Waals surface area contributed by atoms with Crippen LogP contribution in [0.4, 0.5) is 5.69 Å². The zero-order valence-electron chi connectivity index (χ0n) is 18.5. The summed E-state index contributed by atoms with van der Waals surface area (Å²) in [4.78, 5) is 29.1. The average Bonchev–Trinajstić information content (AvgIpc) is 2.83. The van der Waals surface area contributed by atoms with Crippen molar-refractivity contribution in [2.45, 2.75) is 13.3 Å². The number of aryl methyl sites for hydroxylation is 1. The van der Waals surface area contributed by atoms with Crippen molar-refractivity contribution in [3.63, 3.8) is 0 Å². The first kappa shape index (κ1) is 21.8. The van der Waals surface area contributed by atoms with Crippen molar-refractivity contribution >= 4 is 34.4 Å². The van der Waals surface area contributed by atoms with Crippen LogP contribution in [0.15, 0.2) is 72.8 Å². The van der Waals surface area contributed by atoms with Crippen molar-refractivity contribution in [2.75, 3.05) is 38.0 Å². The molecule has 0 aliphatic carbocycles. The molecule has 0 unspecified atom stereocenters. The van der Waals surface area contributed by atoms with E-state index in [9.17, 15) is 9.59 Å². The van der Waals surface area contributed by atoms with Gasteiger partial charge in [0, 0.05) is 37.9 Å². The lowest BCUT2D eigenvalue weighted by Gasteiger charge is -2.33. The van der Waals surface area contributed by atoms with E-state index in [0.717, 1.165) is 34.0 Å². The normalized spacial score (nSPS) is 14.7. The van der Waals surface area contributed by atoms with Crippen LogP contribution >= 0.6 is 0 Å². The van der Waals surface area contributed by atoms with Gasteiger partial charge in [0.1, 0.15) is 0 Å². The minimum Gasteiger partial charge on any atom is -0.337 e. The summed E-state index contributed by atoms with van der Waals surface area (Å²) in [5.74, 6) is 0.000405. The molecule has 2 amide bonds. The zero-order valence-corrected chi connectivity index (χ0v) is 18.5. The van der Waals surface area contributed by atoms with E-state index in [1.165, 1.54) is 0 Å². The van der Waals surface area contributed by atoms with Gasteiger partial charge in [0.15, 0.2) is 0 Å². The summed E-state index contributed by atoms with van der Waals surface area (Å²) in [5, 5.41) is 5.32. The number of amides is 2. The maximum atomic E-state index is 12.7. The van der Waals surface area contributed by atoms with E-state index < -0.39 is 0 Å². The van der Waals surface area contributed by atoms with Crippen molar-refractivity contribution in [2.24, 2.45) is 0 Å². The number of nitrogens with zero attached hydrogens (tertiary/aromatic N) is 2. The molecule has 1 fully saturated rings. The molecule has 0 bridgehead atoms. The maximum absolute atomic E-state index is 12.7. The Kier molecular flexibility index (Phi) is 6.97. The number of anilines is 1. The number of carbonyl (C=O) groups excluding carboxylic acids is 2. The molecule has 0 spiro atoms. The number of carbonyl (C=O) groups is 2. The van der Waals surface area contributed by atoms with Gasteiger partial charge in [-0.15, -0.1) is 0 Å². The number of fused-ring (bicyclic) bond motifs is 1. The first-order valence-electron chi connectivity index (χ1n) is 11.2. The topological polar surface area (TPSA) is 52.7 Å². The Morgan fingerprint density at radius 2 is 1.62 bits per heavy atom. The molecule has 0 radical (unpaired) electrons. The van der Waals surface area contributed by atoms with Gasteiger partial charge >= 0.3 is 0 Å². The van der Waals surface area contributed by atoms with Gasteiger partial charge < -0.3 is 10.2 Å². The Bertz CT molecular complexity index is 1130. The third kappa shape index (κ3) is 5.24. The molecule has 1 heterocycles. The van der Waals surface area contributed by atoms with Crippen molar-refractivity contribution in [1.82, 2.24) is 9.80 Å². The number of nitrogens with one attached hydrogen (secondary N) is 1. The second-order valence-electron chi connectivity index (χ2n) is 8.06. The summed E-state index contributed by atoms with van der Waals surface area (Å²) in [6, 6.07) is 22.2. The highest BCUT2D eigenvalue weighted by Crippen LogP contribution is 2.20. The third-order valence-electron chi connectivity index (χ3n) is 5.95. The summed E-state index contributed by atoms with van der Waals surface area (Å²) in [5.41, 5.74) is 3.06. The Balaban J connectivity index is 1.29. The predicted molar refractivity (Wildman–Crippen MR) is 130 cm³/mol. The molecule has 1 aliphatic heterocycles. The molecule has 4 rings (SSSR count). The summed E-state index contributed by atoms with van der Waals surface area (Å²) in [7, 11) is 0. The standard InChI is InChI=1S/C27H29N3O2/c1-2-21-8-4-6-13-25(21)28-26(31)20-29-16-18-30(19-17-29)27(32)15-14-23-11-7-10-22-9-3-5-12-24(22)23/h3-15H,2,16-20H2,1H3,(H,28,31)/b15-14+. The maximum Gasteiger partial charge on any atom is 0.246 e. The quantitative estimate of drug-likeness (QED) is 0.600. The third-order valence-corrected chi connectivity index (χ3v) is 5.95. The van der Waals surface area contributed by atoms with Gasteiger partial charge in [-0.25, -0.2) is 0 Å². The van der Waals surface area contributed by atoms with Crippen LogP contribution in [0.5, 0.6) is 0 Å². The fourth-order valence-corrected chi connectivity index (χ4v) is 4.13.